The third-order valence-electron chi connectivity index (χ3n) is 2.12. The van der Waals surface area contributed by atoms with Crippen LogP contribution >= 0.6 is 0 Å². The van der Waals surface area contributed by atoms with Gasteiger partial charge in [-0.1, -0.05) is 0 Å². The first-order valence-corrected chi connectivity index (χ1v) is 5.05. The number of nitrogens with two attached hydrogens (primary N) is 1. The average Bonchev–Trinajstić information content (AvgIpc) is 2.39. The minimum atomic E-state index is -0.439. The highest BCUT2D eigenvalue weighted by Gasteiger charge is 2.14. The van der Waals surface area contributed by atoms with E-state index in [1.807, 2.05) is 6.07 Å². The van der Waals surface area contributed by atoms with Gasteiger partial charge in [-0.2, -0.15) is 5.26 Å². The Hall–Kier alpha value is -2.26. The van der Waals surface area contributed by atoms with Gasteiger partial charge < -0.3 is 5.73 Å². The Morgan fingerprint density at radius 2 is 2.35 bits per heavy atom. The molecule has 0 saturated heterocycles. The van der Waals surface area contributed by atoms with E-state index in [0.717, 1.165) is 4.90 Å². The van der Waals surface area contributed by atoms with E-state index in [1.165, 1.54) is 18.3 Å². The quantitative estimate of drug-likeness (QED) is 0.714. The fraction of sp³-hybridized carbons (Fsp3) is 0.273. The summed E-state index contributed by atoms with van der Waals surface area (Å²) in [6.07, 6.45) is 2.30. The smallest absolute Gasteiger partial charge is 0.261 e. The van der Waals surface area contributed by atoms with Crippen molar-refractivity contribution in [3.63, 3.8) is 0 Å². The van der Waals surface area contributed by atoms with Gasteiger partial charge in [-0.05, 0) is 25.1 Å². The number of rotatable bonds is 5. The number of imide groups is 1. The summed E-state index contributed by atoms with van der Waals surface area (Å²) >= 11 is 0. The Morgan fingerprint density at radius 3 is 2.82 bits per heavy atom. The van der Waals surface area contributed by atoms with Crippen LogP contribution in [0.2, 0.25) is 0 Å². The molecule has 0 saturated carbocycles. The number of aromatic nitrogens is 1. The first kappa shape index (κ1) is 12.8. The molecule has 0 unspecified atom stereocenters. The molecule has 6 nitrogen and oxygen atoms in total. The van der Waals surface area contributed by atoms with E-state index in [4.69, 9.17) is 11.0 Å². The maximum atomic E-state index is 11.8. The highest BCUT2D eigenvalue weighted by atomic mass is 16.2. The number of carbonyl (C=O) groups is 2. The van der Waals surface area contributed by atoms with E-state index < -0.39 is 5.91 Å². The van der Waals surface area contributed by atoms with E-state index in [2.05, 4.69) is 4.98 Å². The standard InChI is InChI=1S/C11H12N4O2/c12-4-1-5-15(8-16)11(17)9-2-3-10(6-13)14-7-9/h2-3,7-8H,1,4-5,12H2. The van der Waals surface area contributed by atoms with Crippen LogP contribution in [-0.2, 0) is 4.79 Å². The minimum absolute atomic E-state index is 0.223. The zero-order valence-corrected chi connectivity index (χ0v) is 9.17. The Kier molecular flexibility index (Phi) is 4.78. The maximum Gasteiger partial charge on any atom is 0.261 e. The Balaban J connectivity index is 2.79. The molecule has 0 atom stereocenters. The van der Waals surface area contributed by atoms with E-state index >= 15 is 0 Å². The molecule has 0 aliphatic rings. The van der Waals surface area contributed by atoms with Crippen molar-refractivity contribution in [2.45, 2.75) is 6.42 Å². The molecular formula is C11H12N4O2. The third-order valence-corrected chi connectivity index (χ3v) is 2.12. The normalized spacial score (nSPS) is 9.41. The van der Waals surface area contributed by atoms with Crippen molar-refractivity contribution in [1.29, 1.82) is 5.26 Å². The highest BCUT2D eigenvalue weighted by Crippen LogP contribution is 2.04. The van der Waals surface area contributed by atoms with E-state index in [0.29, 0.717) is 19.4 Å². The van der Waals surface area contributed by atoms with Gasteiger partial charge in [0.1, 0.15) is 11.8 Å². The Bertz CT molecular complexity index is 436. The summed E-state index contributed by atoms with van der Waals surface area (Å²) in [7, 11) is 0. The molecule has 0 aliphatic heterocycles. The second-order valence-corrected chi connectivity index (χ2v) is 3.29. The van der Waals surface area contributed by atoms with Crippen LogP contribution in [0.4, 0.5) is 0 Å². The molecule has 17 heavy (non-hydrogen) atoms. The van der Waals surface area contributed by atoms with Crippen molar-refractivity contribution >= 4 is 12.3 Å². The molecular weight excluding hydrogens is 220 g/mol. The number of carbonyl (C=O) groups excluding carboxylic acids is 2. The van der Waals surface area contributed by atoms with Gasteiger partial charge in [0.15, 0.2) is 0 Å². The number of pyridine rings is 1. The van der Waals surface area contributed by atoms with Gasteiger partial charge in [-0.25, -0.2) is 4.98 Å². The summed E-state index contributed by atoms with van der Waals surface area (Å²) in [5.41, 5.74) is 5.80. The van der Waals surface area contributed by atoms with Crippen LogP contribution in [0.5, 0.6) is 0 Å². The summed E-state index contributed by atoms with van der Waals surface area (Å²) in [4.78, 5) is 27.4. The van der Waals surface area contributed by atoms with Gasteiger partial charge >= 0.3 is 0 Å². The average molecular weight is 232 g/mol. The fourth-order valence-corrected chi connectivity index (χ4v) is 1.22. The highest BCUT2D eigenvalue weighted by molar-refractivity contribution is 5.99. The summed E-state index contributed by atoms with van der Waals surface area (Å²) < 4.78 is 0. The number of amides is 2. The largest absolute Gasteiger partial charge is 0.330 e. The van der Waals surface area contributed by atoms with Crippen LogP contribution in [0.1, 0.15) is 22.5 Å². The van der Waals surface area contributed by atoms with Gasteiger partial charge in [0.2, 0.25) is 6.41 Å². The zero-order chi connectivity index (χ0) is 12.7. The summed E-state index contributed by atoms with van der Waals surface area (Å²) in [6.45, 7) is 0.683. The lowest BCUT2D eigenvalue weighted by Crippen LogP contribution is -2.31. The van der Waals surface area contributed by atoms with Gasteiger partial charge in [0.05, 0.1) is 5.56 Å². The topological polar surface area (TPSA) is 100 Å². The van der Waals surface area contributed by atoms with Gasteiger partial charge in [-0.15, -0.1) is 0 Å². The predicted octanol–water partition coefficient (Wildman–Crippen LogP) is -0.0993. The zero-order valence-electron chi connectivity index (χ0n) is 9.17. The van der Waals surface area contributed by atoms with Crippen LogP contribution < -0.4 is 5.73 Å². The molecule has 1 rings (SSSR count). The van der Waals surface area contributed by atoms with Crippen molar-refractivity contribution in [3.8, 4) is 6.07 Å². The summed E-state index contributed by atoms with van der Waals surface area (Å²) in [5, 5.41) is 8.56. The molecule has 2 amide bonds. The van der Waals surface area contributed by atoms with Crippen molar-refractivity contribution in [1.82, 2.24) is 9.88 Å². The predicted molar refractivity (Wildman–Crippen MR) is 59.7 cm³/mol. The lowest BCUT2D eigenvalue weighted by molar-refractivity contribution is -0.116. The van der Waals surface area contributed by atoms with Crippen LogP contribution in [0, 0.1) is 11.3 Å². The third kappa shape index (κ3) is 3.36. The molecule has 88 valence electrons. The van der Waals surface area contributed by atoms with Crippen LogP contribution in [0.3, 0.4) is 0 Å². The molecule has 1 aromatic rings. The van der Waals surface area contributed by atoms with Crippen molar-refractivity contribution in [2.24, 2.45) is 5.73 Å². The first-order valence-electron chi connectivity index (χ1n) is 5.05. The van der Waals surface area contributed by atoms with E-state index in [1.54, 1.807) is 0 Å². The molecule has 2 N–H and O–H groups in total. The van der Waals surface area contributed by atoms with Crippen LogP contribution in [-0.4, -0.2) is 35.3 Å². The Labute approximate surface area is 98.7 Å². The molecule has 0 fully saturated rings. The van der Waals surface area contributed by atoms with Gasteiger partial charge in [-0.3, -0.25) is 14.5 Å². The first-order chi connectivity index (χ1) is 8.22. The molecule has 6 heteroatoms. The molecule has 1 aromatic heterocycles. The lowest BCUT2D eigenvalue weighted by atomic mass is 10.2. The molecule has 0 aromatic carbocycles. The molecule has 0 radical (unpaired) electrons. The molecule has 0 spiro atoms. The number of hydrogen-bond donors (Lipinski definition) is 1. The molecule has 0 bridgehead atoms. The Morgan fingerprint density at radius 1 is 1.59 bits per heavy atom. The number of nitrogens with zero attached hydrogens (tertiary/aromatic N) is 3. The van der Waals surface area contributed by atoms with E-state index in [9.17, 15) is 9.59 Å². The van der Waals surface area contributed by atoms with Crippen LogP contribution in [0.15, 0.2) is 18.3 Å². The minimum Gasteiger partial charge on any atom is -0.330 e. The summed E-state index contributed by atoms with van der Waals surface area (Å²) in [6, 6.07) is 4.74. The van der Waals surface area contributed by atoms with E-state index in [-0.39, 0.29) is 17.8 Å². The lowest BCUT2D eigenvalue weighted by Gasteiger charge is -2.14. The van der Waals surface area contributed by atoms with Crippen molar-refractivity contribution in [3.05, 3.63) is 29.6 Å². The maximum absolute atomic E-state index is 11.8. The van der Waals surface area contributed by atoms with Crippen LogP contribution in [0.25, 0.3) is 0 Å². The van der Waals surface area contributed by atoms with Gasteiger partial charge in [0.25, 0.3) is 5.91 Å². The number of hydrogen-bond acceptors (Lipinski definition) is 5. The fourth-order valence-electron chi connectivity index (χ4n) is 1.22. The van der Waals surface area contributed by atoms with Crippen molar-refractivity contribution in [2.75, 3.05) is 13.1 Å². The van der Waals surface area contributed by atoms with Gasteiger partial charge in [0, 0.05) is 12.7 Å². The SMILES string of the molecule is N#Cc1ccc(C(=O)N(C=O)CCCN)cn1. The second-order valence-electron chi connectivity index (χ2n) is 3.29. The monoisotopic (exact) mass is 232 g/mol. The number of nitriles is 1. The summed E-state index contributed by atoms with van der Waals surface area (Å²) in [5.74, 6) is -0.439. The van der Waals surface area contributed by atoms with Crippen molar-refractivity contribution < 1.29 is 9.59 Å². The molecule has 0 aliphatic carbocycles. The second kappa shape index (κ2) is 6.35. The molecule has 1 heterocycles.